The van der Waals surface area contributed by atoms with Crippen molar-refractivity contribution in [1.82, 2.24) is 0 Å². The van der Waals surface area contributed by atoms with Crippen molar-refractivity contribution >= 4 is 17.6 Å². The Balaban J connectivity index is 2.13. The number of benzene rings is 1. The zero-order chi connectivity index (χ0) is 11.5. The number of rotatable bonds is 3. The molecule has 1 heterocycles. The van der Waals surface area contributed by atoms with Crippen molar-refractivity contribution in [3.63, 3.8) is 0 Å². The van der Waals surface area contributed by atoms with Crippen molar-refractivity contribution in [2.75, 3.05) is 5.32 Å². The monoisotopic (exact) mass is 218 g/mol. The Morgan fingerprint density at radius 1 is 1.38 bits per heavy atom. The first-order valence-corrected chi connectivity index (χ1v) is 5.26. The summed E-state index contributed by atoms with van der Waals surface area (Å²) in [5, 5.41) is 13.1. The van der Waals surface area contributed by atoms with Crippen LogP contribution in [0.15, 0.2) is 18.2 Å². The van der Waals surface area contributed by atoms with Gasteiger partial charge in [0.15, 0.2) is 0 Å². The molecule has 2 rings (SSSR count). The van der Waals surface area contributed by atoms with Crippen LogP contribution >= 0.6 is 0 Å². The molecule has 0 spiro atoms. The van der Waals surface area contributed by atoms with Crippen molar-refractivity contribution in [2.45, 2.75) is 25.7 Å². The van der Waals surface area contributed by atoms with Gasteiger partial charge in [0.05, 0.1) is 0 Å². The van der Waals surface area contributed by atoms with Crippen LogP contribution in [-0.2, 0) is 22.4 Å². The smallest absolute Gasteiger partial charge is 0.224 e. The van der Waals surface area contributed by atoms with Gasteiger partial charge in [-0.2, -0.15) is 0 Å². The molecule has 1 N–H and O–H groups in total. The van der Waals surface area contributed by atoms with Gasteiger partial charge in [0.25, 0.3) is 0 Å². The van der Waals surface area contributed by atoms with E-state index in [-0.39, 0.29) is 12.3 Å². The maximum Gasteiger partial charge on any atom is 0.224 e. The number of carboxylic acid groups (broad SMARTS) is 1. The summed E-state index contributed by atoms with van der Waals surface area (Å²) in [7, 11) is 0. The van der Waals surface area contributed by atoms with E-state index < -0.39 is 5.97 Å². The van der Waals surface area contributed by atoms with Gasteiger partial charge < -0.3 is 15.2 Å². The van der Waals surface area contributed by atoms with E-state index in [1.165, 1.54) is 0 Å². The summed E-state index contributed by atoms with van der Waals surface area (Å²) >= 11 is 0. The second-order valence-corrected chi connectivity index (χ2v) is 3.91. The fourth-order valence-electron chi connectivity index (χ4n) is 1.84. The molecule has 1 aromatic carbocycles. The van der Waals surface area contributed by atoms with Crippen LogP contribution in [0.25, 0.3) is 0 Å². The number of carbonyl (C=O) groups is 2. The molecule has 0 bridgehead atoms. The minimum Gasteiger partial charge on any atom is -0.550 e. The largest absolute Gasteiger partial charge is 0.550 e. The predicted octanol–water partition coefficient (Wildman–Crippen LogP) is 0.254. The SMILES string of the molecule is O=C([O-])CCc1ccc2c(c1)CCC(=O)N2. The van der Waals surface area contributed by atoms with Crippen LogP contribution in [0.3, 0.4) is 0 Å². The summed E-state index contributed by atoms with van der Waals surface area (Å²) in [4.78, 5) is 21.5. The van der Waals surface area contributed by atoms with Gasteiger partial charge in [-0.1, -0.05) is 12.1 Å². The third-order valence-corrected chi connectivity index (χ3v) is 2.68. The van der Waals surface area contributed by atoms with Gasteiger partial charge in [-0.3, -0.25) is 4.79 Å². The summed E-state index contributed by atoms with van der Waals surface area (Å²) in [5.74, 6) is -0.999. The Bertz CT molecular complexity index is 440. The molecular weight excluding hydrogens is 206 g/mol. The number of aliphatic carboxylic acids is 1. The lowest BCUT2D eigenvalue weighted by Gasteiger charge is -2.17. The van der Waals surface area contributed by atoms with Gasteiger partial charge >= 0.3 is 0 Å². The molecule has 1 aromatic rings. The van der Waals surface area contributed by atoms with Crippen molar-refractivity contribution in [1.29, 1.82) is 0 Å². The zero-order valence-electron chi connectivity index (χ0n) is 8.79. The molecule has 0 saturated carbocycles. The van der Waals surface area contributed by atoms with Gasteiger partial charge in [-0.05, 0) is 36.5 Å². The number of carbonyl (C=O) groups excluding carboxylic acids is 2. The molecular formula is C12H12NO3-. The van der Waals surface area contributed by atoms with E-state index in [2.05, 4.69) is 5.32 Å². The molecule has 4 nitrogen and oxygen atoms in total. The van der Waals surface area contributed by atoms with Gasteiger partial charge in [-0.15, -0.1) is 0 Å². The number of aryl methyl sites for hydroxylation is 2. The number of anilines is 1. The van der Waals surface area contributed by atoms with Crippen molar-refractivity contribution in [3.05, 3.63) is 29.3 Å². The molecule has 0 radical (unpaired) electrons. The van der Waals surface area contributed by atoms with Crippen LogP contribution in [-0.4, -0.2) is 11.9 Å². The average Bonchev–Trinajstić information content (AvgIpc) is 2.26. The number of hydrogen-bond acceptors (Lipinski definition) is 3. The Hall–Kier alpha value is -1.84. The van der Waals surface area contributed by atoms with Crippen LogP contribution in [0.2, 0.25) is 0 Å². The standard InChI is InChI=1S/C12H13NO3/c14-11-5-3-9-7-8(2-6-12(15)16)1-4-10(9)13-11/h1,4,7H,2-3,5-6H2,(H,13,14)(H,15,16)/p-1. The minimum atomic E-state index is -1.04. The van der Waals surface area contributed by atoms with Crippen LogP contribution in [0.5, 0.6) is 0 Å². The molecule has 0 fully saturated rings. The van der Waals surface area contributed by atoms with Crippen LogP contribution in [0.1, 0.15) is 24.0 Å². The summed E-state index contributed by atoms with van der Waals surface area (Å²) in [6.07, 6.45) is 1.73. The summed E-state index contributed by atoms with van der Waals surface area (Å²) in [5.41, 5.74) is 2.89. The van der Waals surface area contributed by atoms with E-state index in [1.54, 1.807) is 0 Å². The lowest BCUT2D eigenvalue weighted by molar-refractivity contribution is -0.305. The molecule has 16 heavy (non-hydrogen) atoms. The first kappa shape index (κ1) is 10.7. The molecule has 0 aromatic heterocycles. The highest BCUT2D eigenvalue weighted by Gasteiger charge is 2.14. The Morgan fingerprint density at radius 2 is 2.19 bits per heavy atom. The molecule has 0 aliphatic carbocycles. The molecule has 0 atom stereocenters. The second kappa shape index (κ2) is 4.35. The fourth-order valence-corrected chi connectivity index (χ4v) is 1.84. The Kier molecular flexibility index (Phi) is 2.90. The molecule has 84 valence electrons. The van der Waals surface area contributed by atoms with Crippen LogP contribution in [0.4, 0.5) is 5.69 Å². The predicted molar refractivity (Wildman–Crippen MR) is 56.7 cm³/mol. The first-order valence-electron chi connectivity index (χ1n) is 5.26. The number of fused-ring (bicyclic) bond motifs is 1. The highest BCUT2D eigenvalue weighted by molar-refractivity contribution is 5.93. The Labute approximate surface area is 93.3 Å². The first-order chi connectivity index (χ1) is 7.65. The Morgan fingerprint density at radius 3 is 2.94 bits per heavy atom. The quantitative estimate of drug-likeness (QED) is 0.790. The lowest BCUT2D eigenvalue weighted by Crippen LogP contribution is -2.22. The van der Waals surface area contributed by atoms with E-state index in [4.69, 9.17) is 0 Å². The van der Waals surface area contributed by atoms with E-state index in [0.29, 0.717) is 12.8 Å². The summed E-state index contributed by atoms with van der Waals surface area (Å²) in [6.45, 7) is 0. The molecule has 0 unspecified atom stereocenters. The molecule has 1 aliphatic heterocycles. The van der Waals surface area contributed by atoms with E-state index in [1.807, 2.05) is 18.2 Å². The number of carboxylic acids is 1. The summed E-state index contributed by atoms with van der Waals surface area (Å²) in [6, 6.07) is 5.63. The van der Waals surface area contributed by atoms with Crippen molar-refractivity contribution < 1.29 is 14.7 Å². The molecule has 0 saturated heterocycles. The van der Waals surface area contributed by atoms with Gasteiger partial charge in [-0.25, -0.2) is 0 Å². The molecule has 4 heteroatoms. The third kappa shape index (κ3) is 2.39. The van der Waals surface area contributed by atoms with E-state index >= 15 is 0 Å². The minimum absolute atomic E-state index is 0.0329. The summed E-state index contributed by atoms with van der Waals surface area (Å²) < 4.78 is 0. The number of hydrogen-bond donors (Lipinski definition) is 1. The number of nitrogens with one attached hydrogen (secondary N) is 1. The van der Waals surface area contributed by atoms with Gasteiger partial charge in [0.2, 0.25) is 5.91 Å². The third-order valence-electron chi connectivity index (χ3n) is 2.68. The number of amides is 1. The lowest BCUT2D eigenvalue weighted by atomic mass is 9.98. The molecule has 1 aliphatic rings. The van der Waals surface area contributed by atoms with Crippen molar-refractivity contribution in [3.8, 4) is 0 Å². The average molecular weight is 218 g/mol. The van der Waals surface area contributed by atoms with Crippen molar-refractivity contribution in [2.24, 2.45) is 0 Å². The normalized spacial score (nSPS) is 14.1. The fraction of sp³-hybridized carbons (Fsp3) is 0.333. The highest BCUT2D eigenvalue weighted by Crippen LogP contribution is 2.23. The van der Waals surface area contributed by atoms with E-state index in [0.717, 1.165) is 23.2 Å². The zero-order valence-corrected chi connectivity index (χ0v) is 8.79. The molecule has 1 amide bonds. The van der Waals surface area contributed by atoms with E-state index in [9.17, 15) is 14.7 Å². The van der Waals surface area contributed by atoms with Gasteiger partial charge in [0, 0.05) is 18.1 Å². The maximum absolute atomic E-state index is 11.1. The van der Waals surface area contributed by atoms with Gasteiger partial charge in [0.1, 0.15) is 0 Å². The topological polar surface area (TPSA) is 69.2 Å². The second-order valence-electron chi connectivity index (χ2n) is 3.91. The highest BCUT2D eigenvalue weighted by atomic mass is 16.4. The maximum atomic E-state index is 11.1. The van der Waals surface area contributed by atoms with Crippen LogP contribution in [0, 0.1) is 0 Å². The van der Waals surface area contributed by atoms with Crippen LogP contribution < -0.4 is 10.4 Å².